The number of fused-ring (bicyclic) bond motifs is 2. The van der Waals surface area contributed by atoms with Crippen molar-refractivity contribution in [3.05, 3.63) is 107 Å². The molecule has 33 heavy (non-hydrogen) atoms. The van der Waals surface area contributed by atoms with Gasteiger partial charge in [-0.15, -0.1) is 0 Å². The van der Waals surface area contributed by atoms with Crippen molar-refractivity contribution in [3.63, 3.8) is 0 Å². The normalized spacial score (nSPS) is 19.4. The Hall–Kier alpha value is -3.83. The zero-order chi connectivity index (χ0) is 23.2. The first-order valence-corrected chi connectivity index (χ1v) is 10.9. The van der Waals surface area contributed by atoms with Crippen LogP contribution in [0.3, 0.4) is 0 Å². The van der Waals surface area contributed by atoms with E-state index in [1.54, 1.807) is 18.2 Å². The monoisotopic (exact) mass is 439 g/mol. The summed E-state index contributed by atoms with van der Waals surface area (Å²) in [5.41, 5.74) is 2.36. The van der Waals surface area contributed by atoms with Gasteiger partial charge in [-0.25, -0.2) is 4.79 Å². The molecule has 1 heterocycles. The van der Waals surface area contributed by atoms with Crippen molar-refractivity contribution in [2.45, 2.75) is 24.9 Å². The third kappa shape index (κ3) is 3.24. The average Bonchev–Trinajstić information content (AvgIpc) is 3.19. The summed E-state index contributed by atoms with van der Waals surface area (Å²) in [5, 5.41) is 27.4. The molecule has 0 spiro atoms. The Morgan fingerprint density at radius 2 is 1.52 bits per heavy atom. The van der Waals surface area contributed by atoms with Crippen LogP contribution in [0, 0.1) is 6.92 Å². The van der Waals surface area contributed by atoms with Gasteiger partial charge >= 0.3 is 5.97 Å². The minimum atomic E-state index is -1.38. The van der Waals surface area contributed by atoms with E-state index in [0.717, 1.165) is 16.7 Å². The fourth-order valence-electron chi connectivity index (χ4n) is 4.98. The van der Waals surface area contributed by atoms with Crippen LogP contribution in [0.25, 0.3) is 10.8 Å². The molecule has 0 saturated heterocycles. The maximum atomic E-state index is 13.5. The minimum absolute atomic E-state index is 0.0261. The molecule has 0 bridgehead atoms. The maximum Gasteiger partial charge on any atom is 0.331 e. The summed E-state index contributed by atoms with van der Waals surface area (Å²) < 4.78 is 5.28. The summed E-state index contributed by atoms with van der Waals surface area (Å²) in [6, 6.07) is 24.1. The molecule has 1 aliphatic heterocycles. The number of aryl methyl sites for hydroxylation is 1. The van der Waals surface area contributed by atoms with Crippen LogP contribution in [0.15, 0.2) is 78.9 Å². The van der Waals surface area contributed by atoms with Gasteiger partial charge in [-0.3, -0.25) is 5.32 Å². The van der Waals surface area contributed by atoms with Gasteiger partial charge in [0.15, 0.2) is 5.54 Å². The molecule has 4 aromatic rings. The van der Waals surface area contributed by atoms with Crippen LogP contribution in [0.1, 0.15) is 33.9 Å². The molecule has 3 N–H and O–H groups in total. The van der Waals surface area contributed by atoms with Crippen LogP contribution < -0.4 is 5.32 Å². The van der Waals surface area contributed by atoms with Crippen LogP contribution in [0.5, 0.6) is 11.5 Å². The van der Waals surface area contributed by atoms with Gasteiger partial charge in [0.05, 0.1) is 13.2 Å². The van der Waals surface area contributed by atoms with Gasteiger partial charge in [-0.2, -0.15) is 0 Å². The van der Waals surface area contributed by atoms with E-state index in [1.165, 1.54) is 7.11 Å². The van der Waals surface area contributed by atoms with Crippen molar-refractivity contribution in [3.8, 4) is 11.5 Å². The first-order valence-electron chi connectivity index (χ1n) is 10.9. The Balaban J connectivity index is 1.84. The Morgan fingerprint density at radius 1 is 0.909 bits per heavy atom. The Bertz CT molecular complexity index is 1350. The van der Waals surface area contributed by atoms with Crippen molar-refractivity contribution < 1.29 is 19.7 Å². The number of carbonyl (C=O) groups is 1. The molecular formula is C28H25NO4. The van der Waals surface area contributed by atoms with Crippen LogP contribution >= 0.6 is 0 Å². The van der Waals surface area contributed by atoms with Gasteiger partial charge < -0.3 is 14.9 Å². The summed E-state index contributed by atoms with van der Waals surface area (Å²) in [4.78, 5) is 13.5. The number of aromatic hydroxyl groups is 2. The summed E-state index contributed by atoms with van der Waals surface area (Å²) in [5.74, 6) is -0.496. The van der Waals surface area contributed by atoms with E-state index in [0.29, 0.717) is 21.9 Å². The van der Waals surface area contributed by atoms with Crippen molar-refractivity contribution >= 4 is 16.7 Å². The number of nitrogens with one attached hydrogen (secondary N) is 1. The molecule has 0 fully saturated rings. The highest BCUT2D eigenvalue weighted by atomic mass is 16.5. The van der Waals surface area contributed by atoms with Crippen molar-refractivity contribution in [2.24, 2.45) is 0 Å². The number of ether oxygens (including phenoxy) is 1. The fraction of sp³-hybridized carbons (Fsp3) is 0.179. The van der Waals surface area contributed by atoms with E-state index in [1.807, 2.05) is 67.6 Å². The third-order valence-electron chi connectivity index (χ3n) is 6.56. The van der Waals surface area contributed by atoms with Crippen LogP contribution in [-0.2, 0) is 21.5 Å². The van der Waals surface area contributed by atoms with E-state index in [4.69, 9.17) is 4.74 Å². The lowest BCUT2D eigenvalue weighted by Gasteiger charge is -2.30. The maximum absolute atomic E-state index is 13.5. The molecule has 5 nitrogen and oxygen atoms in total. The van der Waals surface area contributed by atoms with E-state index in [9.17, 15) is 15.0 Å². The number of benzene rings is 4. The molecule has 4 aromatic carbocycles. The van der Waals surface area contributed by atoms with Crippen molar-refractivity contribution in [1.29, 1.82) is 0 Å². The lowest BCUT2D eigenvalue weighted by molar-refractivity contribution is -0.149. The predicted molar refractivity (Wildman–Crippen MR) is 127 cm³/mol. The van der Waals surface area contributed by atoms with Gasteiger partial charge in [0.1, 0.15) is 11.5 Å². The molecule has 166 valence electrons. The fourth-order valence-corrected chi connectivity index (χ4v) is 4.98. The highest BCUT2D eigenvalue weighted by Crippen LogP contribution is 2.54. The second kappa shape index (κ2) is 7.94. The molecule has 0 aromatic heterocycles. The SMILES string of the molecule is COC(=O)[C@]1(Cc2ccccc2)N[C@@H](c2ccc(C)cc2)c2c1c(O)c1ccccc1c2O. The average molecular weight is 440 g/mol. The van der Waals surface area contributed by atoms with E-state index in [-0.39, 0.29) is 17.9 Å². The number of carbonyl (C=O) groups excluding carboxylic acids is 1. The second-order valence-corrected chi connectivity index (χ2v) is 8.58. The first-order chi connectivity index (χ1) is 16.0. The standard InChI is InChI=1S/C28H25NO4/c1-17-12-14-19(15-13-17)24-22-23(26(31)21-11-7-6-10-20(21)25(22)30)28(29-24,27(32)33-2)16-18-8-4-3-5-9-18/h3-15,24,29-31H,16H2,1-2H3/t24-,28+/m0/s1. The molecule has 5 rings (SSSR count). The van der Waals surface area contributed by atoms with Gasteiger partial charge in [0.25, 0.3) is 0 Å². The highest BCUT2D eigenvalue weighted by molar-refractivity contribution is 6.00. The number of phenolic OH excluding ortho intramolecular Hbond substituents is 2. The first kappa shape index (κ1) is 21.0. The second-order valence-electron chi connectivity index (χ2n) is 8.58. The molecule has 5 heteroatoms. The van der Waals surface area contributed by atoms with E-state index < -0.39 is 17.6 Å². The largest absolute Gasteiger partial charge is 0.507 e. The Kier molecular flexibility index (Phi) is 5.06. The van der Waals surface area contributed by atoms with Crippen LogP contribution in [-0.4, -0.2) is 23.3 Å². The van der Waals surface area contributed by atoms with Gasteiger partial charge in [0.2, 0.25) is 0 Å². The topological polar surface area (TPSA) is 78.8 Å². The highest BCUT2D eigenvalue weighted by Gasteiger charge is 2.54. The third-order valence-corrected chi connectivity index (χ3v) is 6.56. The zero-order valence-electron chi connectivity index (χ0n) is 18.5. The number of methoxy groups -OCH3 is 1. The molecule has 0 unspecified atom stereocenters. The van der Waals surface area contributed by atoms with Gasteiger partial charge in [-0.05, 0) is 18.1 Å². The number of rotatable bonds is 4. The van der Waals surface area contributed by atoms with Crippen molar-refractivity contribution in [2.75, 3.05) is 7.11 Å². The molecule has 1 aliphatic rings. The number of hydrogen-bond acceptors (Lipinski definition) is 5. The lowest BCUT2D eigenvalue weighted by Crippen LogP contribution is -2.48. The molecule has 0 saturated carbocycles. The summed E-state index contributed by atoms with van der Waals surface area (Å²) in [7, 11) is 1.34. The number of phenols is 2. The number of esters is 1. The van der Waals surface area contributed by atoms with Crippen LogP contribution in [0.4, 0.5) is 0 Å². The molecule has 0 radical (unpaired) electrons. The quantitative estimate of drug-likeness (QED) is 0.313. The number of hydrogen-bond donors (Lipinski definition) is 3. The summed E-state index contributed by atoms with van der Waals surface area (Å²) >= 11 is 0. The van der Waals surface area contributed by atoms with Gasteiger partial charge in [-0.1, -0.05) is 84.4 Å². The predicted octanol–water partition coefficient (Wildman–Crippen LogP) is 4.86. The van der Waals surface area contributed by atoms with E-state index >= 15 is 0 Å². The van der Waals surface area contributed by atoms with Crippen molar-refractivity contribution in [1.82, 2.24) is 5.32 Å². The van der Waals surface area contributed by atoms with Gasteiger partial charge in [0, 0.05) is 28.3 Å². The molecular weight excluding hydrogens is 414 g/mol. The zero-order valence-corrected chi connectivity index (χ0v) is 18.5. The smallest absolute Gasteiger partial charge is 0.331 e. The Labute approximate surface area is 192 Å². The van der Waals surface area contributed by atoms with Crippen LogP contribution in [0.2, 0.25) is 0 Å². The molecule has 2 atom stereocenters. The lowest BCUT2D eigenvalue weighted by atomic mass is 9.81. The molecule has 0 amide bonds. The van der Waals surface area contributed by atoms with E-state index in [2.05, 4.69) is 5.32 Å². The minimum Gasteiger partial charge on any atom is -0.507 e. The summed E-state index contributed by atoms with van der Waals surface area (Å²) in [6.45, 7) is 2.00. The molecule has 0 aliphatic carbocycles. The summed E-state index contributed by atoms with van der Waals surface area (Å²) in [6.07, 6.45) is 0.251. The Morgan fingerprint density at radius 3 is 2.15 bits per heavy atom.